The maximum absolute atomic E-state index is 2.26. The Morgan fingerprint density at radius 3 is 2.62 bits per heavy atom. The van der Waals surface area contributed by atoms with E-state index in [4.69, 9.17) is 0 Å². The molecule has 13 heavy (non-hydrogen) atoms. The Morgan fingerprint density at radius 1 is 1.15 bits per heavy atom. The van der Waals surface area contributed by atoms with Crippen molar-refractivity contribution in [3.63, 3.8) is 0 Å². The molecule has 0 bridgehead atoms. The van der Waals surface area contributed by atoms with Crippen molar-refractivity contribution >= 4 is 21.4 Å². The van der Waals surface area contributed by atoms with E-state index in [0.717, 1.165) is 0 Å². The topological polar surface area (TPSA) is 0 Å². The quantitative estimate of drug-likeness (QED) is 0.627. The lowest BCUT2D eigenvalue weighted by Gasteiger charge is -2.10. The highest BCUT2D eigenvalue weighted by atomic mass is 32.1. The minimum atomic E-state index is 0.623. The van der Waals surface area contributed by atoms with Crippen LogP contribution in [0.25, 0.3) is 10.1 Å². The van der Waals surface area contributed by atoms with Crippen LogP contribution < -0.4 is 0 Å². The summed E-state index contributed by atoms with van der Waals surface area (Å²) in [5.41, 5.74) is 2.93. The number of thiophene rings is 1. The van der Waals surface area contributed by atoms with Gasteiger partial charge in [-0.2, -0.15) is 0 Å². The van der Waals surface area contributed by atoms with E-state index in [1.165, 1.54) is 21.2 Å². The third kappa shape index (κ3) is 1.37. The Balaban J connectivity index is 2.80. The fraction of sp³-hybridized carbons (Fsp3) is 0.333. The van der Waals surface area contributed by atoms with Gasteiger partial charge in [0, 0.05) is 4.70 Å². The van der Waals surface area contributed by atoms with Crippen LogP contribution in [0, 0.1) is 6.92 Å². The molecule has 2 aromatic rings. The second-order valence-corrected chi connectivity index (χ2v) is 4.73. The van der Waals surface area contributed by atoms with E-state index in [-0.39, 0.29) is 0 Å². The fourth-order valence-electron chi connectivity index (χ4n) is 1.94. The monoisotopic (exact) mass is 190 g/mol. The summed E-state index contributed by atoms with van der Waals surface area (Å²) >= 11 is 1.83. The maximum Gasteiger partial charge on any atom is 0.0345 e. The second kappa shape index (κ2) is 3.15. The van der Waals surface area contributed by atoms with Crippen LogP contribution >= 0.6 is 11.3 Å². The van der Waals surface area contributed by atoms with Crippen molar-refractivity contribution in [2.75, 3.05) is 0 Å². The number of hydrogen-bond acceptors (Lipinski definition) is 1. The lowest BCUT2D eigenvalue weighted by atomic mass is 9.95. The molecule has 1 aromatic carbocycles. The Bertz CT molecular complexity index is 424. The van der Waals surface area contributed by atoms with Gasteiger partial charge in [0.05, 0.1) is 0 Å². The number of fused-ring (bicyclic) bond motifs is 1. The van der Waals surface area contributed by atoms with Gasteiger partial charge in [0.15, 0.2) is 0 Å². The van der Waals surface area contributed by atoms with Crippen LogP contribution in [0.15, 0.2) is 23.6 Å². The predicted octanol–water partition coefficient (Wildman–Crippen LogP) is 4.33. The Hall–Kier alpha value is -0.820. The van der Waals surface area contributed by atoms with E-state index in [9.17, 15) is 0 Å². The summed E-state index contributed by atoms with van der Waals surface area (Å²) in [6.07, 6.45) is 0. The Labute approximate surface area is 83.2 Å². The number of rotatable bonds is 1. The second-order valence-electron chi connectivity index (χ2n) is 3.78. The lowest BCUT2D eigenvalue weighted by molar-refractivity contribution is 0.867. The molecule has 0 radical (unpaired) electrons. The van der Waals surface area contributed by atoms with Gasteiger partial charge in [0.2, 0.25) is 0 Å². The van der Waals surface area contributed by atoms with Crippen LogP contribution in [0.1, 0.15) is 30.9 Å². The zero-order valence-electron chi connectivity index (χ0n) is 8.29. The standard InChI is InChI=1S/C12H14S/c1-8(2)12-9(3)4-5-11-10(12)6-7-13-11/h4-8H,1-3H3. The first-order valence-electron chi connectivity index (χ1n) is 4.67. The summed E-state index contributed by atoms with van der Waals surface area (Å²) in [5.74, 6) is 0.623. The van der Waals surface area contributed by atoms with E-state index in [0.29, 0.717) is 5.92 Å². The molecule has 0 amide bonds. The zero-order chi connectivity index (χ0) is 9.42. The van der Waals surface area contributed by atoms with E-state index in [1.54, 1.807) is 0 Å². The number of benzene rings is 1. The van der Waals surface area contributed by atoms with Gasteiger partial charge in [-0.05, 0) is 46.9 Å². The van der Waals surface area contributed by atoms with Gasteiger partial charge in [0.25, 0.3) is 0 Å². The molecule has 0 fully saturated rings. The summed E-state index contributed by atoms with van der Waals surface area (Å²) in [5, 5.41) is 3.62. The number of aryl methyl sites for hydroxylation is 1. The summed E-state index contributed by atoms with van der Waals surface area (Å²) in [4.78, 5) is 0. The summed E-state index contributed by atoms with van der Waals surface area (Å²) in [6.45, 7) is 6.73. The van der Waals surface area contributed by atoms with E-state index in [1.807, 2.05) is 11.3 Å². The average Bonchev–Trinajstić information content (AvgIpc) is 2.50. The fourth-order valence-corrected chi connectivity index (χ4v) is 2.74. The first-order chi connectivity index (χ1) is 6.20. The van der Waals surface area contributed by atoms with Crippen LogP contribution in [0.3, 0.4) is 0 Å². The lowest BCUT2D eigenvalue weighted by Crippen LogP contribution is -1.91. The SMILES string of the molecule is Cc1ccc2sccc2c1C(C)C. The third-order valence-electron chi connectivity index (χ3n) is 2.47. The molecule has 0 saturated carbocycles. The highest BCUT2D eigenvalue weighted by Crippen LogP contribution is 2.31. The first kappa shape index (κ1) is 8.76. The van der Waals surface area contributed by atoms with Crippen molar-refractivity contribution in [2.45, 2.75) is 26.7 Å². The van der Waals surface area contributed by atoms with Gasteiger partial charge >= 0.3 is 0 Å². The molecular formula is C12H14S. The minimum absolute atomic E-state index is 0.623. The molecule has 0 aliphatic rings. The molecule has 0 aliphatic carbocycles. The zero-order valence-corrected chi connectivity index (χ0v) is 9.11. The maximum atomic E-state index is 2.26. The van der Waals surface area contributed by atoms with Gasteiger partial charge in [-0.15, -0.1) is 11.3 Å². The molecule has 0 saturated heterocycles. The molecule has 0 N–H and O–H groups in total. The molecule has 0 unspecified atom stereocenters. The smallest absolute Gasteiger partial charge is 0.0345 e. The molecule has 68 valence electrons. The number of hydrogen-bond donors (Lipinski definition) is 0. The van der Waals surface area contributed by atoms with Gasteiger partial charge in [-0.25, -0.2) is 0 Å². The highest BCUT2D eigenvalue weighted by Gasteiger charge is 2.08. The Morgan fingerprint density at radius 2 is 1.92 bits per heavy atom. The molecule has 0 nitrogen and oxygen atoms in total. The van der Waals surface area contributed by atoms with Crippen LogP contribution in [0.5, 0.6) is 0 Å². The molecule has 1 aromatic heterocycles. The van der Waals surface area contributed by atoms with Crippen LogP contribution in [0.2, 0.25) is 0 Å². The van der Waals surface area contributed by atoms with Crippen LogP contribution in [-0.4, -0.2) is 0 Å². The third-order valence-corrected chi connectivity index (χ3v) is 3.35. The summed E-state index contributed by atoms with van der Waals surface area (Å²) in [7, 11) is 0. The van der Waals surface area contributed by atoms with Crippen molar-refractivity contribution in [1.82, 2.24) is 0 Å². The molecule has 1 heterocycles. The normalized spacial score (nSPS) is 11.4. The molecule has 0 atom stereocenters. The van der Waals surface area contributed by atoms with Crippen molar-refractivity contribution in [3.8, 4) is 0 Å². The van der Waals surface area contributed by atoms with Gasteiger partial charge in [0.1, 0.15) is 0 Å². The van der Waals surface area contributed by atoms with Gasteiger partial charge in [-0.3, -0.25) is 0 Å². The van der Waals surface area contributed by atoms with Gasteiger partial charge in [-0.1, -0.05) is 19.9 Å². The minimum Gasteiger partial charge on any atom is -0.144 e. The van der Waals surface area contributed by atoms with E-state index in [2.05, 4.69) is 44.4 Å². The molecule has 0 spiro atoms. The predicted molar refractivity (Wildman–Crippen MR) is 60.7 cm³/mol. The van der Waals surface area contributed by atoms with Crippen LogP contribution in [0.4, 0.5) is 0 Å². The van der Waals surface area contributed by atoms with Crippen molar-refractivity contribution in [1.29, 1.82) is 0 Å². The van der Waals surface area contributed by atoms with Crippen molar-refractivity contribution in [3.05, 3.63) is 34.7 Å². The molecule has 2 rings (SSSR count). The molecule has 0 aliphatic heterocycles. The van der Waals surface area contributed by atoms with Crippen molar-refractivity contribution in [2.24, 2.45) is 0 Å². The average molecular weight is 190 g/mol. The Kier molecular flexibility index (Phi) is 2.12. The largest absolute Gasteiger partial charge is 0.144 e. The van der Waals surface area contributed by atoms with E-state index < -0.39 is 0 Å². The van der Waals surface area contributed by atoms with Crippen molar-refractivity contribution < 1.29 is 0 Å². The van der Waals surface area contributed by atoms with Crippen LogP contribution in [-0.2, 0) is 0 Å². The summed E-state index contributed by atoms with van der Waals surface area (Å²) in [6, 6.07) is 6.69. The molecular weight excluding hydrogens is 176 g/mol. The highest BCUT2D eigenvalue weighted by molar-refractivity contribution is 7.17. The molecule has 1 heteroatoms. The summed E-state index contributed by atoms with van der Waals surface area (Å²) < 4.78 is 1.41. The van der Waals surface area contributed by atoms with Gasteiger partial charge < -0.3 is 0 Å². The van der Waals surface area contributed by atoms with E-state index >= 15 is 0 Å². The first-order valence-corrected chi connectivity index (χ1v) is 5.55.